The fourth-order valence-corrected chi connectivity index (χ4v) is 4.13. The van der Waals surface area contributed by atoms with Crippen LogP contribution in [0, 0.1) is 0 Å². The summed E-state index contributed by atoms with van der Waals surface area (Å²) in [4.78, 5) is 12.5. The van der Waals surface area contributed by atoms with Gasteiger partial charge in [-0.25, -0.2) is 8.42 Å². The third kappa shape index (κ3) is 4.85. The molecule has 1 atom stereocenters. The zero-order valence-corrected chi connectivity index (χ0v) is 15.8. The zero-order valence-electron chi connectivity index (χ0n) is 15.0. The van der Waals surface area contributed by atoms with Gasteiger partial charge in [-0.05, 0) is 37.3 Å². The Hall–Kier alpha value is -2.42. The van der Waals surface area contributed by atoms with E-state index in [0.29, 0.717) is 37.7 Å². The van der Waals surface area contributed by atoms with Gasteiger partial charge in [0.25, 0.3) is 5.91 Å². The minimum absolute atomic E-state index is 0.138. The summed E-state index contributed by atoms with van der Waals surface area (Å²) in [5, 5.41) is 2.71. The van der Waals surface area contributed by atoms with Gasteiger partial charge in [0, 0.05) is 18.8 Å². The first kappa shape index (κ1) is 19.3. The van der Waals surface area contributed by atoms with Crippen LogP contribution in [0.15, 0.2) is 59.5 Å². The van der Waals surface area contributed by atoms with Gasteiger partial charge in [0.15, 0.2) is 6.10 Å². The van der Waals surface area contributed by atoms with Gasteiger partial charge in [-0.15, -0.1) is 0 Å². The minimum Gasteiger partial charge on any atom is -0.481 e. The van der Waals surface area contributed by atoms with Crippen molar-refractivity contribution in [2.75, 3.05) is 31.6 Å². The lowest BCUT2D eigenvalue weighted by Crippen LogP contribution is -2.40. The van der Waals surface area contributed by atoms with Crippen LogP contribution >= 0.6 is 0 Å². The van der Waals surface area contributed by atoms with Crippen molar-refractivity contribution in [3.05, 3.63) is 54.6 Å². The molecule has 1 aliphatic heterocycles. The van der Waals surface area contributed by atoms with E-state index in [4.69, 9.17) is 9.47 Å². The maximum atomic E-state index is 12.7. The highest BCUT2D eigenvalue weighted by Gasteiger charge is 2.26. The molecule has 0 bridgehead atoms. The number of benzene rings is 2. The fourth-order valence-electron chi connectivity index (χ4n) is 2.67. The van der Waals surface area contributed by atoms with Crippen molar-refractivity contribution in [2.45, 2.75) is 17.9 Å². The molecule has 7 nitrogen and oxygen atoms in total. The SMILES string of the molecule is CC(Oc1ccccc1)C(=O)Nc1cccc(S(=O)(=O)N2CCOCC2)c1. The number of sulfonamides is 1. The number of nitrogens with zero attached hydrogens (tertiary/aromatic N) is 1. The Bertz CT molecular complexity index is 880. The van der Waals surface area contributed by atoms with Crippen molar-refractivity contribution < 1.29 is 22.7 Å². The van der Waals surface area contributed by atoms with E-state index in [1.54, 1.807) is 31.2 Å². The Labute approximate surface area is 158 Å². The molecule has 0 spiro atoms. The molecule has 1 unspecified atom stereocenters. The maximum Gasteiger partial charge on any atom is 0.265 e. The number of morpholine rings is 1. The number of carbonyl (C=O) groups is 1. The molecule has 0 aromatic heterocycles. The summed E-state index contributed by atoms with van der Waals surface area (Å²) in [6, 6.07) is 15.2. The monoisotopic (exact) mass is 390 g/mol. The number of amides is 1. The minimum atomic E-state index is -3.62. The first-order chi connectivity index (χ1) is 13.0. The Balaban J connectivity index is 1.69. The van der Waals surface area contributed by atoms with Crippen LogP contribution in [-0.2, 0) is 19.6 Å². The summed E-state index contributed by atoms with van der Waals surface area (Å²) in [6.07, 6.45) is -0.730. The molecule has 3 rings (SSSR count). The van der Waals surface area contributed by atoms with Crippen LogP contribution in [0.5, 0.6) is 5.75 Å². The van der Waals surface area contributed by atoms with Crippen LogP contribution in [0.25, 0.3) is 0 Å². The Morgan fingerprint density at radius 2 is 1.81 bits per heavy atom. The molecule has 1 amide bonds. The molecule has 1 aliphatic rings. The molecule has 8 heteroatoms. The lowest BCUT2D eigenvalue weighted by molar-refractivity contribution is -0.122. The van der Waals surface area contributed by atoms with Gasteiger partial charge < -0.3 is 14.8 Å². The van der Waals surface area contributed by atoms with E-state index in [-0.39, 0.29) is 10.8 Å². The molecule has 0 radical (unpaired) electrons. The molecule has 2 aromatic rings. The molecular formula is C19H22N2O5S. The summed E-state index contributed by atoms with van der Waals surface area (Å²) in [5.41, 5.74) is 0.401. The van der Waals surface area contributed by atoms with Crippen molar-refractivity contribution in [3.63, 3.8) is 0 Å². The smallest absolute Gasteiger partial charge is 0.265 e. The van der Waals surface area contributed by atoms with E-state index in [9.17, 15) is 13.2 Å². The summed E-state index contributed by atoms with van der Waals surface area (Å²) in [6.45, 7) is 3.03. The van der Waals surface area contributed by atoms with Crippen molar-refractivity contribution >= 4 is 21.6 Å². The molecule has 0 saturated carbocycles. The highest BCUT2D eigenvalue weighted by atomic mass is 32.2. The number of hydrogen-bond acceptors (Lipinski definition) is 5. The van der Waals surface area contributed by atoms with E-state index in [1.807, 2.05) is 18.2 Å². The van der Waals surface area contributed by atoms with Crippen LogP contribution < -0.4 is 10.1 Å². The van der Waals surface area contributed by atoms with Gasteiger partial charge in [-0.1, -0.05) is 24.3 Å². The number of hydrogen-bond donors (Lipinski definition) is 1. The zero-order chi connectivity index (χ0) is 19.3. The number of ether oxygens (including phenoxy) is 2. The first-order valence-electron chi connectivity index (χ1n) is 8.67. The van der Waals surface area contributed by atoms with Gasteiger partial charge in [0.1, 0.15) is 5.75 Å². The second-order valence-corrected chi connectivity index (χ2v) is 8.04. The lowest BCUT2D eigenvalue weighted by atomic mass is 10.3. The fraction of sp³-hybridized carbons (Fsp3) is 0.316. The second kappa shape index (κ2) is 8.51. The van der Waals surface area contributed by atoms with Gasteiger partial charge >= 0.3 is 0 Å². The second-order valence-electron chi connectivity index (χ2n) is 6.11. The maximum absolute atomic E-state index is 12.7. The Kier molecular flexibility index (Phi) is 6.10. The summed E-state index contributed by atoms with van der Waals surface area (Å²) >= 11 is 0. The molecule has 27 heavy (non-hydrogen) atoms. The van der Waals surface area contributed by atoms with Crippen molar-refractivity contribution in [1.82, 2.24) is 4.31 Å². The Morgan fingerprint density at radius 1 is 1.11 bits per heavy atom. The average Bonchev–Trinajstić information content (AvgIpc) is 2.69. The largest absolute Gasteiger partial charge is 0.481 e. The van der Waals surface area contributed by atoms with Crippen LogP contribution in [0.3, 0.4) is 0 Å². The van der Waals surface area contributed by atoms with Crippen molar-refractivity contribution in [3.8, 4) is 5.75 Å². The lowest BCUT2D eigenvalue weighted by Gasteiger charge is -2.26. The van der Waals surface area contributed by atoms with Gasteiger partial charge in [-0.3, -0.25) is 4.79 Å². The molecule has 1 heterocycles. The van der Waals surface area contributed by atoms with E-state index in [1.165, 1.54) is 16.4 Å². The molecular weight excluding hydrogens is 368 g/mol. The number of anilines is 1. The molecule has 1 saturated heterocycles. The molecule has 2 aromatic carbocycles. The molecule has 0 aliphatic carbocycles. The number of nitrogens with one attached hydrogen (secondary N) is 1. The summed E-state index contributed by atoms with van der Waals surface area (Å²) < 4.78 is 37.6. The highest BCUT2D eigenvalue weighted by Crippen LogP contribution is 2.21. The standard InChI is InChI=1S/C19H22N2O5S/c1-15(26-17-7-3-2-4-8-17)19(22)20-16-6-5-9-18(14-16)27(23,24)21-10-12-25-13-11-21/h2-9,14-15H,10-13H2,1H3,(H,20,22). The molecule has 144 valence electrons. The van der Waals surface area contributed by atoms with Gasteiger partial charge in [-0.2, -0.15) is 4.31 Å². The van der Waals surface area contributed by atoms with Crippen LogP contribution in [0.2, 0.25) is 0 Å². The third-order valence-electron chi connectivity index (χ3n) is 4.13. The predicted octanol–water partition coefficient (Wildman–Crippen LogP) is 2.11. The topological polar surface area (TPSA) is 84.9 Å². The van der Waals surface area contributed by atoms with Crippen LogP contribution in [0.1, 0.15) is 6.92 Å². The Morgan fingerprint density at radius 3 is 2.52 bits per heavy atom. The van der Waals surface area contributed by atoms with E-state index < -0.39 is 16.1 Å². The van der Waals surface area contributed by atoms with E-state index in [2.05, 4.69) is 5.32 Å². The highest BCUT2D eigenvalue weighted by molar-refractivity contribution is 7.89. The number of rotatable bonds is 6. The molecule has 1 fully saturated rings. The van der Waals surface area contributed by atoms with E-state index >= 15 is 0 Å². The summed E-state index contributed by atoms with van der Waals surface area (Å²) in [7, 11) is -3.62. The van der Waals surface area contributed by atoms with Crippen LogP contribution in [-0.4, -0.2) is 51.0 Å². The predicted molar refractivity (Wildman–Crippen MR) is 101 cm³/mol. The van der Waals surface area contributed by atoms with Crippen LogP contribution in [0.4, 0.5) is 5.69 Å². The normalized spacial score (nSPS) is 16.5. The van der Waals surface area contributed by atoms with Crippen molar-refractivity contribution in [1.29, 1.82) is 0 Å². The van der Waals surface area contributed by atoms with Crippen molar-refractivity contribution in [2.24, 2.45) is 0 Å². The molecule has 1 N–H and O–H groups in total. The third-order valence-corrected chi connectivity index (χ3v) is 6.03. The van der Waals surface area contributed by atoms with Gasteiger partial charge in [0.2, 0.25) is 10.0 Å². The first-order valence-corrected chi connectivity index (χ1v) is 10.1. The van der Waals surface area contributed by atoms with E-state index in [0.717, 1.165) is 0 Å². The summed E-state index contributed by atoms with van der Waals surface area (Å²) in [5.74, 6) is 0.226. The number of para-hydroxylation sites is 1. The quantitative estimate of drug-likeness (QED) is 0.817. The average molecular weight is 390 g/mol. The van der Waals surface area contributed by atoms with Gasteiger partial charge in [0.05, 0.1) is 18.1 Å². The number of carbonyl (C=O) groups excluding carboxylic acids is 1.